The van der Waals surface area contributed by atoms with Crippen molar-refractivity contribution in [1.82, 2.24) is 0 Å². The minimum Gasteiger partial charge on any atom is -0.462 e. The molecule has 0 amide bonds. The van der Waals surface area contributed by atoms with Gasteiger partial charge in [-0.3, -0.25) is 4.79 Å². The molecule has 2 unspecified atom stereocenters. The van der Waals surface area contributed by atoms with Crippen LogP contribution in [0.5, 0.6) is 0 Å². The molecule has 4 aliphatic carbocycles. The van der Waals surface area contributed by atoms with E-state index in [2.05, 4.69) is 54.5 Å². The number of fused-ring (bicyclic) bond motifs is 5. The van der Waals surface area contributed by atoms with Crippen molar-refractivity contribution in [2.24, 2.45) is 52.3 Å². The summed E-state index contributed by atoms with van der Waals surface area (Å²) in [5.74, 6) is 5.94. The van der Waals surface area contributed by atoms with Crippen molar-refractivity contribution < 1.29 is 19.7 Å². The van der Waals surface area contributed by atoms with Gasteiger partial charge in [-0.25, -0.2) is 0 Å². The van der Waals surface area contributed by atoms with Crippen LogP contribution in [0.3, 0.4) is 0 Å². The third-order valence-electron chi connectivity index (χ3n) is 15.8. The van der Waals surface area contributed by atoms with E-state index in [0.717, 1.165) is 99.2 Å². The number of carbonyl (C=O) groups is 1. The smallest absolute Gasteiger partial charge is 0.306 e. The highest BCUT2D eigenvalue weighted by Crippen LogP contribution is 2.67. The van der Waals surface area contributed by atoms with E-state index < -0.39 is 12.2 Å². The zero-order valence-electron chi connectivity index (χ0n) is 34.7. The van der Waals surface area contributed by atoms with Crippen LogP contribution in [0.25, 0.3) is 0 Å². The van der Waals surface area contributed by atoms with Gasteiger partial charge in [0.1, 0.15) is 6.10 Å². The average molecular weight is 713 g/mol. The molecule has 0 saturated heterocycles. The molecule has 0 aromatic carbocycles. The van der Waals surface area contributed by atoms with Crippen LogP contribution in [0.15, 0.2) is 11.6 Å². The summed E-state index contributed by atoms with van der Waals surface area (Å²) in [6.07, 6.45) is 29.9. The Bertz CT molecular complexity index is 1050. The highest BCUT2D eigenvalue weighted by atomic mass is 16.5. The Hall–Kier alpha value is -0.870. The summed E-state index contributed by atoms with van der Waals surface area (Å²) < 4.78 is 6.11. The second-order valence-corrected chi connectivity index (χ2v) is 19.3. The first-order valence-corrected chi connectivity index (χ1v) is 22.7. The highest BCUT2D eigenvalue weighted by Gasteiger charge is 2.59. The summed E-state index contributed by atoms with van der Waals surface area (Å²) in [7, 11) is 0. The molecule has 4 rings (SSSR count). The van der Waals surface area contributed by atoms with Crippen molar-refractivity contribution >= 4 is 5.97 Å². The number of hydrogen-bond acceptors (Lipinski definition) is 4. The fraction of sp³-hybridized carbons (Fsp3) is 0.936. The molecule has 0 heterocycles. The van der Waals surface area contributed by atoms with Crippen LogP contribution in [-0.2, 0) is 9.53 Å². The maximum atomic E-state index is 12.9. The predicted molar refractivity (Wildman–Crippen MR) is 214 cm³/mol. The Kier molecular flexibility index (Phi) is 17.4. The Morgan fingerprint density at radius 3 is 2.08 bits per heavy atom. The van der Waals surface area contributed by atoms with Crippen LogP contribution >= 0.6 is 0 Å². The minimum atomic E-state index is -0.599. The van der Waals surface area contributed by atoms with E-state index in [1.54, 1.807) is 5.57 Å². The molecule has 0 aromatic rings. The number of aliphatic hydroxyl groups excluding tert-OH is 2. The third-order valence-corrected chi connectivity index (χ3v) is 15.8. The maximum absolute atomic E-state index is 12.9. The molecule has 51 heavy (non-hydrogen) atoms. The molecule has 11 atom stereocenters. The van der Waals surface area contributed by atoms with Gasteiger partial charge in [-0.1, -0.05) is 137 Å². The summed E-state index contributed by atoms with van der Waals surface area (Å²) in [5.41, 5.74) is 2.42. The van der Waals surface area contributed by atoms with E-state index in [9.17, 15) is 15.0 Å². The topological polar surface area (TPSA) is 66.8 Å². The zero-order valence-corrected chi connectivity index (χ0v) is 34.7. The number of ether oxygens (including phenoxy) is 1. The number of carbonyl (C=O) groups excluding carboxylic acids is 1. The lowest BCUT2D eigenvalue weighted by Crippen LogP contribution is -2.51. The van der Waals surface area contributed by atoms with Crippen LogP contribution in [0.2, 0.25) is 0 Å². The molecular weight excluding hydrogens is 629 g/mol. The molecule has 0 spiro atoms. The largest absolute Gasteiger partial charge is 0.462 e. The number of allylic oxidation sites excluding steroid dienone is 1. The monoisotopic (exact) mass is 713 g/mol. The van der Waals surface area contributed by atoms with Gasteiger partial charge in [0.05, 0.1) is 12.2 Å². The van der Waals surface area contributed by atoms with Crippen LogP contribution in [0.4, 0.5) is 0 Å². The van der Waals surface area contributed by atoms with E-state index in [1.807, 2.05) is 0 Å². The van der Waals surface area contributed by atoms with E-state index in [-0.39, 0.29) is 12.1 Å². The van der Waals surface area contributed by atoms with Gasteiger partial charge in [0, 0.05) is 12.8 Å². The van der Waals surface area contributed by atoms with E-state index >= 15 is 0 Å². The second kappa shape index (κ2) is 20.7. The standard InChI is InChI=1S/C47H84O4/c1-8-10-11-12-14-17-20-43(48)44(49)21-18-15-13-16-19-22-45(50)51-38-29-31-46(6)37(33-38)25-26-39-41-28-27-40(47(41,7)32-30-42(39)46)35(5)23-24-36(9-2)34(3)4/h25,34-36,38-44,48-49H,8-24,26-33H2,1-7H3/t35-,36-,38+,39+,40-,41+,42+,43?,44?,46+,47-/m1/s1. The highest BCUT2D eigenvalue weighted by molar-refractivity contribution is 5.69. The van der Waals surface area contributed by atoms with Gasteiger partial charge in [-0.15, -0.1) is 0 Å². The number of hydrogen-bond donors (Lipinski definition) is 2. The van der Waals surface area contributed by atoms with Gasteiger partial charge >= 0.3 is 5.97 Å². The molecule has 0 radical (unpaired) electrons. The SMILES string of the molecule is CCCCCCCCC(O)C(O)CCCCCCCC(=O)O[C@H]1CC[C@@]2(C)C(=CC[C@H]3[C@@H]4CC[C@H]([C@H](C)CC[C@@H](CC)C(C)C)[C@@]4(C)CC[C@@H]32)C1. The Balaban J connectivity index is 1.13. The number of unbranched alkanes of at least 4 members (excludes halogenated alkanes) is 9. The number of esters is 1. The van der Waals surface area contributed by atoms with Gasteiger partial charge in [0.25, 0.3) is 0 Å². The quantitative estimate of drug-likeness (QED) is 0.0629. The van der Waals surface area contributed by atoms with Crippen LogP contribution in [-0.4, -0.2) is 34.5 Å². The molecule has 2 N–H and O–H groups in total. The summed E-state index contributed by atoms with van der Waals surface area (Å²) >= 11 is 0. The molecule has 3 saturated carbocycles. The molecule has 296 valence electrons. The maximum Gasteiger partial charge on any atom is 0.306 e. The summed E-state index contributed by atoms with van der Waals surface area (Å²) in [6.45, 7) is 17.3. The van der Waals surface area contributed by atoms with Gasteiger partial charge in [0.2, 0.25) is 0 Å². The van der Waals surface area contributed by atoms with Gasteiger partial charge in [0.15, 0.2) is 0 Å². The minimum absolute atomic E-state index is 0.00988. The Labute approximate surface area is 316 Å². The Morgan fingerprint density at radius 1 is 0.784 bits per heavy atom. The number of rotatable bonds is 23. The number of aliphatic hydroxyl groups is 2. The first-order chi connectivity index (χ1) is 24.4. The summed E-state index contributed by atoms with van der Waals surface area (Å²) in [6, 6.07) is 0. The van der Waals surface area contributed by atoms with Crippen molar-refractivity contribution in [2.45, 2.75) is 227 Å². The first-order valence-electron chi connectivity index (χ1n) is 22.7. The second-order valence-electron chi connectivity index (χ2n) is 19.3. The Morgan fingerprint density at radius 2 is 1.43 bits per heavy atom. The lowest BCUT2D eigenvalue weighted by Gasteiger charge is -2.58. The summed E-state index contributed by atoms with van der Waals surface area (Å²) in [4.78, 5) is 12.9. The summed E-state index contributed by atoms with van der Waals surface area (Å²) in [5, 5.41) is 20.6. The van der Waals surface area contributed by atoms with Gasteiger partial charge < -0.3 is 14.9 Å². The van der Waals surface area contributed by atoms with Crippen molar-refractivity contribution in [3.63, 3.8) is 0 Å². The van der Waals surface area contributed by atoms with Crippen molar-refractivity contribution in [1.29, 1.82) is 0 Å². The third kappa shape index (κ3) is 11.3. The molecule has 4 nitrogen and oxygen atoms in total. The van der Waals surface area contributed by atoms with Crippen molar-refractivity contribution in [3.8, 4) is 0 Å². The fourth-order valence-corrected chi connectivity index (χ4v) is 12.3. The molecular formula is C47H84O4. The molecule has 0 aromatic heterocycles. The normalized spacial score (nSPS) is 32.7. The van der Waals surface area contributed by atoms with E-state index in [4.69, 9.17) is 4.74 Å². The lowest BCUT2D eigenvalue weighted by molar-refractivity contribution is -0.151. The van der Waals surface area contributed by atoms with Crippen molar-refractivity contribution in [2.75, 3.05) is 0 Å². The van der Waals surface area contributed by atoms with Gasteiger partial charge in [-0.05, 0) is 123 Å². The van der Waals surface area contributed by atoms with Crippen LogP contribution < -0.4 is 0 Å². The van der Waals surface area contributed by atoms with E-state index in [0.29, 0.717) is 30.1 Å². The fourth-order valence-electron chi connectivity index (χ4n) is 12.3. The average Bonchev–Trinajstić information content (AvgIpc) is 3.46. The molecule has 3 fully saturated rings. The molecule has 4 aliphatic rings. The molecule has 0 bridgehead atoms. The lowest BCUT2D eigenvalue weighted by atomic mass is 9.47. The van der Waals surface area contributed by atoms with Crippen molar-refractivity contribution in [3.05, 3.63) is 11.6 Å². The molecule has 4 heteroatoms. The van der Waals surface area contributed by atoms with Crippen LogP contribution in [0.1, 0.15) is 209 Å². The molecule has 0 aliphatic heterocycles. The predicted octanol–water partition coefficient (Wildman–Crippen LogP) is 12.8. The first kappa shape index (κ1) is 42.9. The van der Waals surface area contributed by atoms with Crippen LogP contribution in [0, 0.1) is 52.3 Å². The van der Waals surface area contributed by atoms with Gasteiger partial charge in [-0.2, -0.15) is 0 Å². The zero-order chi connectivity index (χ0) is 37.0. The van der Waals surface area contributed by atoms with E-state index in [1.165, 1.54) is 83.5 Å².